The number of benzene rings is 1. The van der Waals surface area contributed by atoms with Gasteiger partial charge in [0.1, 0.15) is 0 Å². The molecule has 0 aliphatic carbocycles. The highest BCUT2D eigenvalue weighted by Crippen LogP contribution is 2.31. The van der Waals surface area contributed by atoms with Crippen LogP contribution in [0.3, 0.4) is 0 Å². The molecule has 1 aromatic carbocycles. The van der Waals surface area contributed by atoms with Crippen molar-refractivity contribution in [2.24, 2.45) is 5.41 Å². The van der Waals surface area contributed by atoms with Gasteiger partial charge in [-0.15, -0.1) is 0 Å². The zero-order valence-electron chi connectivity index (χ0n) is 12.0. The molecule has 2 rings (SSSR count). The topological polar surface area (TPSA) is 42.0 Å². The van der Waals surface area contributed by atoms with Gasteiger partial charge in [-0.05, 0) is 37.1 Å². The number of fused-ring (bicyclic) bond motifs is 1. The molecule has 0 unspecified atom stereocenters. The van der Waals surface area contributed by atoms with Gasteiger partial charge in [0.05, 0.1) is 16.2 Å². The molecule has 0 atom stereocenters. The van der Waals surface area contributed by atoms with Gasteiger partial charge < -0.3 is 5.32 Å². The van der Waals surface area contributed by atoms with Gasteiger partial charge in [-0.25, -0.2) is 0 Å². The summed E-state index contributed by atoms with van der Waals surface area (Å²) in [6.07, 6.45) is 3.30. The minimum absolute atomic E-state index is 0.0248. The molecule has 0 bridgehead atoms. The Morgan fingerprint density at radius 1 is 1.30 bits per heavy atom. The molecular weight excluding hydrogens is 272 g/mol. The summed E-state index contributed by atoms with van der Waals surface area (Å²) in [5.41, 5.74) is 1.08. The lowest BCUT2D eigenvalue weighted by Gasteiger charge is -2.25. The molecule has 106 valence electrons. The number of hydrogen-bond acceptors (Lipinski definition) is 2. The Hall–Kier alpha value is -1.61. The van der Waals surface area contributed by atoms with Crippen molar-refractivity contribution < 1.29 is 4.79 Å². The summed E-state index contributed by atoms with van der Waals surface area (Å²) in [4.78, 5) is 16.8. The van der Waals surface area contributed by atoms with Crippen LogP contribution in [0.1, 0.15) is 33.6 Å². The largest absolute Gasteiger partial charge is 0.324 e. The third kappa shape index (κ3) is 2.63. The summed E-state index contributed by atoms with van der Waals surface area (Å²) in [5, 5.41) is 4.48. The van der Waals surface area contributed by atoms with Gasteiger partial charge in [0.15, 0.2) is 0 Å². The SMILES string of the molecule is CCC(C)(CC)C(=O)Nc1ccc(Cl)c2cccnc12. The number of aromatic nitrogens is 1. The number of hydrogen-bond donors (Lipinski definition) is 1. The molecule has 0 spiro atoms. The smallest absolute Gasteiger partial charge is 0.230 e. The fourth-order valence-electron chi connectivity index (χ4n) is 2.08. The van der Waals surface area contributed by atoms with Crippen molar-refractivity contribution in [3.8, 4) is 0 Å². The summed E-state index contributed by atoms with van der Waals surface area (Å²) >= 11 is 6.16. The monoisotopic (exact) mass is 290 g/mol. The Kier molecular flexibility index (Phi) is 4.29. The van der Waals surface area contributed by atoms with Crippen molar-refractivity contribution >= 4 is 34.1 Å². The molecular formula is C16H19ClN2O. The van der Waals surface area contributed by atoms with Crippen molar-refractivity contribution in [3.05, 3.63) is 35.5 Å². The van der Waals surface area contributed by atoms with Crippen LogP contribution in [0.2, 0.25) is 5.02 Å². The van der Waals surface area contributed by atoms with E-state index in [1.807, 2.05) is 32.9 Å². The van der Waals surface area contributed by atoms with E-state index in [1.54, 1.807) is 18.3 Å². The Balaban J connectivity index is 2.40. The van der Waals surface area contributed by atoms with Crippen LogP contribution in [-0.2, 0) is 4.79 Å². The molecule has 0 aliphatic heterocycles. The lowest BCUT2D eigenvalue weighted by molar-refractivity contribution is -0.125. The number of anilines is 1. The maximum Gasteiger partial charge on any atom is 0.230 e. The number of rotatable bonds is 4. The van der Waals surface area contributed by atoms with E-state index in [0.29, 0.717) is 10.7 Å². The maximum absolute atomic E-state index is 12.5. The predicted molar refractivity (Wildman–Crippen MR) is 84.1 cm³/mol. The zero-order chi connectivity index (χ0) is 14.8. The van der Waals surface area contributed by atoms with Gasteiger partial charge in [0, 0.05) is 17.0 Å². The highest BCUT2D eigenvalue weighted by atomic mass is 35.5. The molecule has 1 amide bonds. The predicted octanol–water partition coefficient (Wildman–Crippen LogP) is 4.65. The number of halogens is 1. The zero-order valence-corrected chi connectivity index (χ0v) is 12.8. The third-order valence-electron chi connectivity index (χ3n) is 4.07. The molecule has 0 radical (unpaired) electrons. The minimum atomic E-state index is -0.360. The number of amides is 1. The standard InChI is InChI=1S/C16H19ClN2O/c1-4-16(3,5-2)15(20)19-13-9-8-12(17)11-7-6-10-18-14(11)13/h6-10H,4-5H2,1-3H3,(H,19,20). The van der Waals surface area contributed by atoms with E-state index in [0.717, 1.165) is 23.7 Å². The first-order valence-electron chi connectivity index (χ1n) is 6.86. The van der Waals surface area contributed by atoms with Crippen LogP contribution >= 0.6 is 11.6 Å². The second kappa shape index (κ2) is 5.80. The quantitative estimate of drug-likeness (QED) is 0.890. The summed E-state index contributed by atoms with van der Waals surface area (Å²) < 4.78 is 0. The Labute approximate surface area is 124 Å². The van der Waals surface area contributed by atoms with E-state index in [9.17, 15) is 4.79 Å². The second-order valence-electron chi connectivity index (χ2n) is 5.22. The highest BCUT2D eigenvalue weighted by molar-refractivity contribution is 6.35. The van der Waals surface area contributed by atoms with Crippen LogP contribution in [0, 0.1) is 5.41 Å². The lowest BCUT2D eigenvalue weighted by Crippen LogP contribution is -2.32. The number of pyridine rings is 1. The van der Waals surface area contributed by atoms with Crippen LogP contribution < -0.4 is 5.32 Å². The van der Waals surface area contributed by atoms with E-state index >= 15 is 0 Å². The van der Waals surface area contributed by atoms with Crippen LogP contribution in [0.4, 0.5) is 5.69 Å². The normalized spacial score (nSPS) is 11.6. The van der Waals surface area contributed by atoms with E-state index < -0.39 is 0 Å². The summed E-state index contributed by atoms with van der Waals surface area (Å²) in [7, 11) is 0. The van der Waals surface area contributed by atoms with Crippen molar-refractivity contribution in [2.45, 2.75) is 33.6 Å². The van der Waals surface area contributed by atoms with Gasteiger partial charge in [0.2, 0.25) is 5.91 Å². The van der Waals surface area contributed by atoms with Crippen LogP contribution in [-0.4, -0.2) is 10.9 Å². The summed E-state index contributed by atoms with van der Waals surface area (Å²) in [5.74, 6) is 0.0248. The molecule has 0 fully saturated rings. The van der Waals surface area contributed by atoms with Gasteiger partial charge in [-0.3, -0.25) is 9.78 Å². The van der Waals surface area contributed by atoms with Gasteiger partial charge in [-0.1, -0.05) is 32.4 Å². The van der Waals surface area contributed by atoms with Crippen molar-refractivity contribution in [1.82, 2.24) is 4.98 Å². The molecule has 3 nitrogen and oxygen atoms in total. The van der Waals surface area contributed by atoms with Crippen LogP contribution in [0.15, 0.2) is 30.5 Å². The Bertz CT molecular complexity index is 635. The lowest BCUT2D eigenvalue weighted by atomic mass is 9.83. The number of carbonyl (C=O) groups excluding carboxylic acids is 1. The van der Waals surface area contributed by atoms with E-state index in [-0.39, 0.29) is 11.3 Å². The van der Waals surface area contributed by atoms with E-state index in [2.05, 4.69) is 10.3 Å². The van der Waals surface area contributed by atoms with E-state index in [1.165, 1.54) is 0 Å². The second-order valence-corrected chi connectivity index (χ2v) is 5.62. The van der Waals surface area contributed by atoms with Gasteiger partial charge in [0.25, 0.3) is 0 Å². The Morgan fingerprint density at radius 2 is 2.00 bits per heavy atom. The van der Waals surface area contributed by atoms with Crippen LogP contribution in [0.25, 0.3) is 10.9 Å². The molecule has 0 aliphatic rings. The first kappa shape index (κ1) is 14.8. The van der Waals surface area contributed by atoms with E-state index in [4.69, 9.17) is 11.6 Å². The summed E-state index contributed by atoms with van der Waals surface area (Å²) in [6, 6.07) is 7.33. The van der Waals surface area contributed by atoms with Gasteiger partial charge >= 0.3 is 0 Å². The third-order valence-corrected chi connectivity index (χ3v) is 4.40. The van der Waals surface area contributed by atoms with Crippen molar-refractivity contribution in [3.63, 3.8) is 0 Å². The number of nitrogens with one attached hydrogen (secondary N) is 1. The molecule has 1 N–H and O–H groups in total. The number of carbonyl (C=O) groups is 1. The van der Waals surface area contributed by atoms with Crippen molar-refractivity contribution in [1.29, 1.82) is 0 Å². The van der Waals surface area contributed by atoms with Gasteiger partial charge in [-0.2, -0.15) is 0 Å². The van der Waals surface area contributed by atoms with Crippen molar-refractivity contribution in [2.75, 3.05) is 5.32 Å². The fourth-order valence-corrected chi connectivity index (χ4v) is 2.30. The summed E-state index contributed by atoms with van der Waals surface area (Å²) in [6.45, 7) is 6.04. The first-order valence-corrected chi connectivity index (χ1v) is 7.24. The Morgan fingerprint density at radius 3 is 2.65 bits per heavy atom. The molecule has 2 aromatic rings. The first-order chi connectivity index (χ1) is 9.51. The molecule has 0 saturated carbocycles. The highest BCUT2D eigenvalue weighted by Gasteiger charge is 2.29. The molecule has 1 heterocycles. The fraction of sp³-hybridized carbons (Fsp3) is 0.375. The average Bonchev–Trinajstić information content (AvgIpc) is 2.49. The molecule has 0 saturated heterocycles. The average molecular weight is 291 g/mol. The minimum Gasteiger partial charge on any atom is -0.324 e. The maximum atomic E-state index is 12.5. The molecule has 20 heavy (non-hydrogen) atoms. The molecule has 4 heteroatoms. The molecule has 1 aromatic heterocycles. The number of nitrogens with zero attached hydrogens (tertiary/aromatic N) is 1. The van der Waals surface area contributed by atoms with Crippen LogP contribution in [0.5, 0.6) is 0 Å².